The van der Waals surface area contributed by atoms with E-state index in [2.05, 4.69) is 28.9 Å². The van der Waals surface area contributed by atoms with Crippen LogP contribution in [-0.4, -0.2) is 25.0 Å². The van der Waals surface area contributed by atoms with Gasteiger partial charge in [-0.15, -0.1) is 11.3 Å². The number of benzene rings is 2. The van der Waals surface area contributed by atoms with Crippen LogP contribution >= 0.6 is 34.5 Å². The first-order valence-corrected chi connectivity index (χ1v) is 11.4. The van der Waals surface area contributed by atoms with Crippen LogP contribution in [-0.2, 0) is 0 Å². The molecule has 0 saturated carbocycles. The molecule has 3 nitrogen and oxygen atoms in total. The van der Waals surface area contributed by atoms with Gasteiger partial charge in [0.1, 0.15) is 0 Å². The van der Waals surface area contributed by atoms with Crippen molar-refractivity contribution in [3.8, 4) is 10.4 Å². The second-order valence-electron chi connectivity index (χ2n) is 7.17. The summed E-state index contributed by atoms with van der Waals surface area (Å²) in [7, 11) is 0. The maximum Gasteiger partial charge on any atom is 0.260 e. The van der Waals surface area contributed by atoms with Gasteiger partial charge >= 0.3 is 0 Å². The summed E-state index contributed by atoms with van der Waals surface area (Å²) in [6.07, 6.45) is 2.91. The Morgan fingerprint density at radius 2 is 1.86 bits per heavy atom. The highest BCUT2D eigenvalue weighted by Crippen LogP contribution is 2.35. The minimum Gasteiger partial charge on any atom is -0.317 e. The van der Waals surface area contributed by atoms with E-state index in [9.17, 15) is 4.79 Å². The molecule has 1 N–H and O–H groups in total. The standard InChI is InChI=1S/C23H22Cl2N2OS/c24-17-8-9-20(21(25)13-17)23(28)27(18-7-4-11-26-12-10-18)19-14-22(29-15-19)16-5-2-1-3-6-16/h1-3,5-6,8-9,13-15,18,26H,4,7,10-12H2. The van der Waals surface area contributed by atoms with Crippen LogP contribution in [0.5, 0.6) is 0 Å². The smallest absolute Gasteiger partial charge is 0.260 e. The summed E-state index contributed by atoms with van der Waals surface area (Å²) < 4.78 is 0. The zero-order valence-electron chi connectivity index (χ0n) is 15.9. The Hall–Kier alpha value is -1.85. The molecule has 1 unspecified atom stereocenters. The quantitative estimate of drug-likeness (QED) is 0.497. The van der Waals surface area contributed by atoms with E-state index in [1.165, 1.54) is 0 Å². The summed E-state index contributed by atoms with van der Waals surface area (Å²) in [4.78, 5) is 16.7. The third kappa shape index (κ3) is 4.67. The Balaban J connectivity index is 1.72. The molecular formula is C23H22Cl2N2OS. The van der Waals surface area contributed by atoms with Crippen molar-refractivity contribution in [1.82, 2.24) is 5.32 Å². The minimum atomic E-state index is -0.0732. The van der Waals surface area contributed by atoms with Gasteiger partial charge in [0.2, 0.25) is 0 Å². The maximum atomic E-state index is 13.6. The highest BCUT2D eigenvalue weighted by Gasteiger charge is 2.29. The van der Waals surface area contributed by atoms with Crippen LogP contribution in [0.15, 0.2) is 60.0 Å². The van der Waals surface area contributed by atoms with E-state index in [0.717, 1.165) is 48.5 Å². The minimum absolute atomic E-state index is 0.0732. The van der Waals surface area contributed by atoms with Crippen molar-refractivity contribution in [2.75, 3.05) is 18.0 Å². The van der Waals surface area contributed by atoms with Gasteiger partial charge in [-0.1, -0.05) is 53.5 Å². The van der Waals surface area contributed by atoms with E-state index in [-0.39, 0.29) is 11.9 Å². The number of carbonyl (C=O) groups is 1. The van der Waals surface area contributed by atoms with Crippen LogP contribution in [0.2, 0.25) is 10.0 Å². The number of hydrogen-bond donors (Lipinski definition) is 1. The van der Waals surface area contributed by atoms with Crippen molar-refractivity contribution in [1.29, 1.82) is 0 Å². The monoisotopic (exact) mass is 444 g/mol. The lowest BCUT2D eigenvalue weighted by Crippen LogP contribution is -2.41. The number of anilines is 1. The molecule has 0 aliphatic carbocycles. The summed E-state index contributed by atoms with van der Waals surface area (Å²) in [5, 5.41) is 6.42. The van der Waals surface area contributed by atoms with Crippen molar-refractivity contribution in [2.45, 2.75) is 25.3 Å². The fourth-order valence-corrected chi connectivity index (χ4v) is 5.13. The predicted octanol–water partition coefficient (Wildman–Crippen LogP) is 6.51. The number of nitrogens with zero attached hydrogens (tertiary/aromatic N) is 1. The number of rotatable bonds is 4. The van der Waals surface area contributed by atoms with Gasteiger partial charge in [0.05, 0.1) is 16.3 Å². The molecule has 0 spiro atoms. The average Bonchev–Trinajstić information content (AvgIpc) is 3.05. The first-order valence-electron chi connectivity index (χ1n) is 9.77. The van der Waals surface area contributed by atoms with Crippen LogP contribution in [0, 0.1) is 0 Å². The molecule has 2 aromatic carbocycles. The normalized spacial score (nSPS) is 17.0. The highest BCUT2D eigenvalue weighted by atomic mass is 35.5. The number of hydrogen-bond acceptors (Lipinski definition) is 3. The second kappa shape index (κ2) is 9.31. The topological polar surface area (TPSA) is 32.3 Å². The van der Waals surface area contributed by atoms with Crippen LogP contribution < -0.4 is 10.2 Å². The van der Waals surface area contributed by atoms with Crippen molar-refractivity contribution in [2.24, 2.45) is 0 Å². The number of carbonyl (C=O) groups excluding carboxylic acids is 1. The molecule has 29 heavy (non-hydrogen) atoms. The first-order chi connectivity index (χ1) is 14.1. The Bertz CT molecular complexity index is 982. The molecule has 4 rings (SSSR count). The molecule has 1 aliphatic heterocycles. The fraction of sp³-hybridized carbons (Fsp3) is 0.261. The number of thiophene rings is 1. The summed E-state index contributed by atoms with van der Waals surface area (Å²) in [5.41, 5.74) is 2.57. The SMILES string of the molecule is O=C(c1ccc(Cl)cc1Cl)N(c1csc(-c2ccccc2)c1)C1CCCNCC1. The molecule has 1 amide bonds. The molecule has 3 aromatic rings. The van der Waals surface area contributed by atoms with Crippen molar-refractivity contribution >= 4 is 46.1 Å². The zero-order valence-corrected chi connectivity index (χ0v) is 18.2. The van der Waals surface area contributed by atoms with Gasteiger partial charge in [-0.25, -0.2) is 0 Å². The summed E-state index contributed by atoms with van der Waals surface area (Å²) >= 11 is 14.1. The molecule has 1 saturated heterocycles. The van der Waals surface area contributed by atoms with Gasteiger partial charge in [0.25, 0.3) is 5.91 Å². The lowest BCUT2D eigenvalue weighted by atomic mass is 10.0. The average molecular weight is 445 g/mol. The van der Waals surface area contributed by atoms with Crippen LogP contribution in [0.1, 0.15) is 29.6 Å². The van der Waals surface area contributed by atoms with Gasteiger partial charge < -0.3 is 10.2 Å². The maximum absolute atomic E-state index is 13.6. The van der Waals surface area contributed by atoms with Gasteiger partial charge in [-0.3, -0.25) is 4.79 Å². The molecule has 0 bridgehead atoms. The van der Waals surface area contributed by atoms with Gasteiger partial charge in [-0.2, -0.15) is 0 Å². The Morgan fingerprint density at radius 3 is 2.66 bits per heavy atom. The molecule has 150 valence electrons. The highest BCUT2D eigenvalue weighted by molar-refractivity contribution is 7.14. The number of amides is 1. The van der Waals surface area contributed by atoms with Crippen LogP contribution in [0.3, 0.4) is 0 Å². The largest absolute Gasteiger partial charge is 0.317 e. The summed E-state index contributed by atoms with van der Waals surface area (Å²) in [5.74, 6) is -0.0732. The zero-order chi connectivity index (χ0) is 20.2. The Morgan fingerprint density at radius 1 is 1.03 bits per heavy atom. The van der Waals surface area contributed by atoms with Crippen molar-refractivity contribution in [3.05, 3.63) is 75.6 Å². The Labute approximate surface area is 185 Å². The van der Waals surface area contributed by atoms with E-state index >= 15 is 0 Å². The van der Waals surface area contributed by atoms with E-state index < -0.39 is 0 Å². The predicted molar refractivity (Wildman–Crippen MR) is 124 cm³/mol. The molecule has 6 heteroatoms. The van der Waals surface area contributed by atoms with E-state index in [1.54, 1.807) is 29.5 Å². The van der Waals surface area contributed by atoms with E-state index in [1.807, 2.05) is 23.1 Å². The molecule has 0 radical (unpaired) electrons. The van der Waals surface area contributed by atoms with Gasteiger partial charge in [-0.05, 0) is 62.2 Å². The van der Waals surface area contributed by atoms with Crippen LogP contribution in [0.4, 0.5) is 5.69 Å². The lowest BCUT2D eigenvalue weighted by molar-refractivity contribution is 0.0975. The third-order valence-corrected chi connectivity index (χ3v) is 6.73. The van der Waals surface area contributed by atoms with Gasteiger partial charge in [0, 0.05) is 21.3 Å². The molecular weight excluding hydrogens is 423 g/mol. The summed E-state index contributed by atoms with van der Waals surface area (Å²) in [6.45, 7) is 1.89. The fourth-order valence-electron chi connectivity index (χ4n) is 3.75. The van der Waals surface area contributed by atoms with E-state index in [0.29, 0.717) is 15.6 Å². The number of nitrogens with one attached hydrogen (secondary N) is 1. The van der Waals surface area contributed by atoms with Crippen molar-refractivity contribution in [3.63, 3.8) is 0 Å². The van der Waals surface area contributed by atoms with Crippen molar-refractivity contribution < 1.29 is 4.79 Å². The van der Waals surface area contributed by atoms with E-state index in [4.69, 9.17) is 23.2 Å². The first kappa shape index (κ1) is 20.4. The third-order valence-electron chi connectivity index (χ3n) is 5.21. The molecule has 1 aromatic heterocycles. The summed E-state index contributed by atoms with van der Waals surface area (Å²) in [6, 6.07) is 17.6. The second-order valence-corrected chi connectivity index (χ2v) is 8.92. The molecule has 2 heterocycles. The van der Waals surface area contributed by atoms with Crippen LogP contribution in [0.25, 0.3) is 10.4 Å². The molecule has 1 fully saturated rings. The molecule has 1 atom stereocenters. The molecule has 1 aliphatic rings. The number of halogens is 2. The lowest BCUT2D eigenvalue weighted by Gasteiger charge is -2.31. The Kier molecular flexibility index (Phi) is 6.56. The van der Waals surface area contributed by atoms with Gasteiger partial charge in [0.15, 0.2) is 0 Å².